The van der Waals surface area contributed by atoms with Crippen LogP contribution in [0.2, 0.25) is 0 Å². The van der Waals surface area contributed by atoms with Crippen molar-refractivity contribution >= 4 is 11.5 Å². The van der Waals surface area contributed by atoms with Crippen molar-refractivity contribution in [3.63, 3.8) is 0 Å². The molecule has 1 unspecified atom stereocenters. The van der Waals surface area contributed by atoms with Crippen molar-refractivity contribution in [1.29, 1.82) is 0 Å². The highest BCUT2D eigenvalue weighted by atomic mass is 19.3. The number of alkyl halides is 2. The Labute approximate surface area is 204 Å². The molecule has 0 radical (unpaired) electrons. The summed E-state index contributed by atoms with van der Waals surface area (Å²) < 4.78 is 70.2. The quantitative estimate of drug-likeness (QED) is 0.154. The van der Waals surface area contributed by atoms with E-state index in [0.717, 1.165) is 25.0 Å². The minimum atomic E-state index is -3.19. The molecule has 1 aliphatic carbocycles. The van der Waals surface area contributed by atoms with Crippen LogP contribution in [0.25, 0.3) is 11.3 Å². The van der Waals surface area contributed by atoms with Gasteiger partial charge in [-0.05, 0) is 55.7 Å². The van der Waals surface area contributed by atoms with Gasteiger partial charge in [0.25, 0.3) is 5.92 Å². The average molecular weight is 504 g/mol. The summed E-state index contributed by atoms with van der Waals surface area (Å²) in [5, 5.41) is 15.6. The number of aromatic nitrogens is 1. The van der Waals surface area contributed by atoms with E-state index in [4.69, 9.17) is 20.2 Å². The van der Waals surface area contributed by atoms with Crippen molar-refractivity contribution in [2.24, 2.45) is 10.9 Å². The van der Waals surface area contributed by atoms with Crippen LogP contribution >= 0.6 is 0 Å². The molecule has 1 aliphatic heterocycles. The summed E-state index contributed by atoms with van der Waals surface area (Å²) in [6.07, 6.45) is 0.280. The van der Waals surface area contributed by atoms with E-state index in [9.17, 15) is 8.78 Å². The van der Waals surface area contributed by atoms with Gasteiger partial charge in [0.1, 0.15) is 29.2 Å². The van der Waals surface area contributed by atoms with Crippen molar-refractivity contribution in [3.8, 4) is 11.3 Å². The number of amidine groups is 1. The average Bonchev–Trinajstić information content (AvgIpc) is 3.63. The van der Waals surface area contributed by atoms with Gasteiger partial charge in [0.2, 0.25) is 0 Å². The van der Waals surface area contributed by atoms with Gasteiger partial charge in [-0.15, -0.1) is 0 Å². The number of hydrogen-bond acceptors (Lipinski definition) is 6. The molecule has 0 amide bonds. The van der Waals surface area contributed by atoms with Gasteiger partial charge in [0.05, 0.1) is 18.7 Å². The first kappa shape index (κ1) is 24.1. The Morgan fingerprint density at radius 3 is 2.44 bits per heavy atom. The Kier molecular flexibility index (Phi) is 6.33. The smallest absolute Gasteiger partial charge is 0.290 e. The number of ether oxygens (including phenoxy) is 1. The number of hydrogen-bond donors (Lipinski definition) is 2. The molecule has 2 aliphatic rings. The third kappa shape index (κ3) is 4.62. The van der Waals surface area contributed by atoms with Crippen LogP contribution in [0.5, 0.6) is 0 Å². The van der Waals surface area contributed by atoms with E-state index in [1.807, 2.05) is 0 Å². The van der Waals surface area contributed by atoms with E-state index in [1.165, 1.54) is 11.0 Å². The molecule has 0 spiro atoms. The van der Waals surface area contributed by atoms with Crippen LogP contribution in [0, 0.1) is 11.6 Å². The van der Waals surface area contributed by atoms with E-state index in [2.05, 4.69) is 10.3 Å². The van der Waals surface area contributed by atoms with E-state index in [0.29, 0.717) is 29.1 Å². The van der Waals surface area contributed by atoms with Crippen LogP contribution in [0.3, 0.4) is 0 Å². The minimum Gasteiger partial charge on any atom is -0.409 e. The monoisotopic (exact) mass is 504 g/mol. The molecule has 1 saturated carbocycles. The fourth-order valence-electron chi connectivity index (χ4n) is 4.48. The zero-order chi connectivity index (χ0) is 25.4. The maximum Gasteiger partial charge on any atom is 0.290 e. The summed E-state index contributed by atoms with van der Waals surface area (Å²) in [6.45, 7) is -0.571. The highest BCUT2D eigenvalue weighted by Gasteiger charge is 2.46. The number of benzene rings is 2. The van der Waals surface area contributed by atoms with Gasteiger partial charge in [0, 0.05) is 29.3 Å². The molecule has 2 aromatic carbocycles. The van der Waals surface area contributed by atoms with E-state index in [-0.39, 0.29) is 36.0 Å². The number of nitrogens with two attached hydrogens (primary N) is 1. The number of oxime groups is 1. The summed E-state index contributed by atoms with van der Waals surface area (Å²) in [4.78, 5) is 1.53. The van der Waals surface area contributed by atoms with Crippen LogP contribution in [0.4, 0.5) is 23.2 Å². The van der Waals surface area contributed by atoms with Gasteiger partial charge in [-0.3, -0.25) is 0 Å². The SMILES string of the molecule is NC(=NO)c1ccc(N2CCC(OCc3c(-c4c(F)cccc4F)noc3C3CC3)C(F)(F)C2)cc1. The minimum absolute atomic E-state index is 0.0302. The van der Waals surface area contributed by atoms with Gasteiger partial charge < -0.3 is 25.1 Å². The number of rotatable bonds is 7. The fraction of sp³-hybridized carbons (Fsp3) is 0.360. The Bertz CT molecular complexity index is 1250. The predicted molar refractivity (Wildman–Crippen MR) is 123 cm³/mol. The normalized spacial score (nSPS) is 20.1. The number of anilines is 1. The lowest BCUT2D eigenvalue weighted by molar-refractivity contribution is -0.148. The van der Waals surface area contributed by atoms with Crippen LogP contribution in [0.15, 0.2) is 52.1 Å². The van der Waals surface area contributed by atoms with Crippen molar-refractivity contribution in [1.82, 2.24) is 5.16 Å². The van der Waals surface area contributed by atoms with Crippen LogP contribution in [0.1, 0.15) is 42.1 Å². The molecule has 190 valence electrons. The highest BCUT2D eigenvalue weighted by molar-refractivity contribution is 5.97. The summed E-state index contributed by atoms with van der Waals surface area (Å²) in [6, 6.07) is 9.87. The van der Waals surface area contributed by atoms with Crippen molar-refractivity contribution in [2.45, 2.75) is 43.8 Å². The number of halogens is 4. The maximum absolute atomic E-state index is 15.1. The zero-order valence-electron chi connectivity index (χ0n) is 19.1. The van der Waals surface area contributed by atoms with Gasteiger partial charge in [-0.1, -0.05) is 16.4 Å². The zero-order valence-corrected chi connectivity index (χ0v) is 19.1. The first-order valence-corrected chi connectivity index (χ1v) is 11.5. The van der Waals surface area contributed by atoms with Crippen LogP contribution in [-0.4, -0.2) is 41.3 Å². The van der Waals surface area contributed by atoms with E-state index in [1.54, 1.807) is 24.3 Å². The fourth-order valence-corrected chi connectivity index (χ4v) is 4.48. The molecular weight excluding hydrogens is 480 g/mol. The molecule has 11 heteroatoms. The molecule has 1 saturated heterocycles. The van der Waals surface area contributed by atoms with Gasteiger partial charge in [-0.2, -0.15) is 0 Å². The second-order valence-corrected chi connectivity index (χ2v) is 9.05. The second-order valence-electron chi connectivity index (χ2n) is 9.05. The Morgan fingerprint density at radius 1 is 1.14 bits per heavy atom. The first-order chi connectivity index (χ1) is 17.3. The van der Waals surface area contributed by atoms with Crippen LogP contribution in [-0.2, 0) is 11.3 Å². The summed E-state index contributed by atoms with van der Waals surface area (Å²) in [7, 11) is 0. The Balaban J connectivity index is 1.32. The maximum atomic E-state index is 15.1. The van der Waals surface area contributed by atoms with Crippen LogP contribution < -0.4 is 10.6 Å². The van der Waals surface area contributed by atoms with Gasteiger partial charge in [-0.25, -0.2) is 17.6 Å². The lowest BCUT2D eigenvalue weighted by Gasteiger charge is -2.39. The van der Waals surface area contributed by atoms with E-state index >= 15 is 8.78 Å². The highest BCUT2D eigenvalue weighted by Crippen LogP contribution is 2.45. The van der Waals surface area contributed by atoms with E-state index < -0.39 is 30.2 Å². The standard InChI is InChI=1S/C25H24F4N4O3/c26-18-2-1-3-19(27)21(18)22-17(23(36-32-22)14-4-5-14)12-35-20-10-11-33(13-25(20,28)29)16-8-6-15(7-9-16)24(30)31-34/h1-3,6-9,14,20,34H,4-5,10-13H2,(H2,30,31). The Morgan fingerprint density at radius 2 is 1.83 bits per heavy atom. The molecule has 2 fully saturated rings. The molecule has 1 aromatic heterocycles. The molecule has 3 aromatic rings. The third-order valence-electron chi connectivity index (χ3n) is 6.57. The van der Waals surface area contributed by atoms with Gasteiger partial charge in [0.15, 0.2) is 5.84 Å². The molecule has 1 atom stereocenters. The molecule has 5 rings (SSSR count). The largest absolute Gasteiger partial charge is 0.409 e. The molecule has 2 heterocycles. The first-order valence-electron chi connectivity index (χ1n) is 11.5. The Hall–Kier alpha value is -3.60. The van der Waals surface area contributed by atoms with Gasteiger partial charge >= 0.3 is 0 Å². The second kappa shape index (κ2) is 9.45. The molecule has 0 bridgehead atoms. The molecular formula is C25H24F4N4O3. The summed E-state index contributed by atoms with van der Waals surface area (Å²) >= 11 is 0. The molecule has 36 heavy (non-hydrogen) atoms. The summed E-state index contributed by atoms with van der Waals surface area (Å²) in [5.74, 6) is -4.43. The van der Waals surface area contributed by atoms with Crippen molar-refractivity contribution in [3.05, 3.63) is 71.0 Å². The number of piperidine rings is 1. The van der Waals surface area contributed by atoms with Crippen molar-refractivity contribution < 1.29 is 32.0 Å². The predicted octanol–water partition coefficient (Wildman–Crippen LogP) is 5.02. The topological polar surface area (TPSA) is 97.1 Å². The number of nitrogens with zero attached hydrogens (tertiary/aromatic N) is 3. The molecule has 7 nitrogen and oxygen atoms in total. The lowest BCUT2D eigenvalue weighted by atomic mass is 10.0. The third-order valence-corrected chi connectivity index (χ3v) is 6.57. The lowest BCUT2D eigenvalue weighted by Crippen LogP contribution is -2.52. The summed E-state index contributed by atoms with van der Waals surface area (Å²) in [5.41, 5.74) is 6.47. The van der Waals surface area contributed by atoms with Crippen molar-refractivity contribution in [2.75, 3.05) is 18.0 Å². The molecule has 3 N–H and O–H groups in total.